The van der Waals surface area contributed by atoms with E-state index in [0.29, 0.717) is 5.88 Å². The van der Waals surface area contributed by atoms with Gasteiger partial charge in [-0.3, -0.25) is 5.10 Å². The van der Waals surface area contributed by atoms with Crippen LogP contribution in [0.25, 0.3) is 0 Å². The summed E-state index contributed by atoms with van der Waals surface area (Å²) < 4.78 is 5.40. The zero-order valence-corrected chi connectivity index (χ0v) is 11.3. The van der Waals surface area contributed by atoms with Gasteiger partial charge in [-0.2, -0.15) is 0 Å². The number of H-pyrrole nitrogens is 1. The SMILES string of the molecule is CC(C)(C)c1c[nH]nc1OC(=O)N1CCCCC1. The van der Waals surface area contributed by atoms with Crippen molar-refractivity contribution in [3.8, 4) is 5.88 Å². The second kappa shape index (κ2) is 5.00. The van der Waals surface area contributed by atoms with Crippen LogP contribution < -0.4 is 4.74 Å². The quantitative estimate of drug-likeness (QED) is 0.834. The number of hydrogen-bond acceptors (Lipinski definition) is 3. The molecule has 0 aromatic carbocycles. The number of amides is 1. The van der Waals surface area contributed by atoms with E-state index >= 15 is 0 Å². The molecule has 0 atom stereocenters. The van der Waals surface area contributed by atoms with Gasteiger partial charge in [0.05, 0.1) is 0 Å². The van der Waals surface area contributed by atoms with Crippen molar-refractivity contribution in [2.75, 3.05) is 13.1 Å². The van der Waals surface area contributed by atoms with E-state index in [0.717, 1.165) is 31.5 Å². The Kier molecular flexibility index (Phi) is 3.59. The molecule has 100 valence electrons. The molecule has 5 nitrogen and oxygen atoms in total. The molecule has 1 N–H and O–H groups in total. The van der Waals surface area contributed by atoms with Crippen molar-refractivity contribution in [2.24, 2.45) is 0 Å². The first-order chi connectivity index (χ1) is 8.48. The lowest BCUT2D eigenvalue weighted by atomic mass is 9.89. The van der Waals surface area contributed by atoms with E-state index in [9.17, 15) is 4.79 Å². The molecule has 1 fully saturated rings. The number of carbonyl (C=O) groups excluding carboxylic acids is 1. The molecule has 0 bridgehead atoms. The molecule has 0 spiro atoms. The summed E-state index contributed by atoms with van der Waals surface area (Å²) in [7, 11) is 0. The number of aromatic amines is 1. The molecular formula is C13H21N3O2. The smallest absolute Gasteiger partial charge is 0.389 e. The van der Waals surface area contributed by atoms with Gasteiger partial charge in [0.25, 0.3) is 0 Å². The van der Waals surface area contributed by atoms with Gasteiger partial charge < -0.3 is 9.64 Å². The Morgan fingerprint density at radius 3 is 2.61 bits per heavy atom. The highest BCUT2D eigenvalue weighted by atomic mass is 16.6. The van der Waals surface area contributed by atoms with E-state index in [2.05, 4.69) is 31.0 Å². The number of rotatable bonds is 1. The van der Waals surface area contributed by atoms with Gasteiger partial charge in [-0.15, -0.1) is 5.10 Å². The Hall–Kier alpha value is -1.52. The fourth-order valence-electron chi connectivity index (χ4n) is 2.12. The third kappa shape index (κ3) is 2.83. The number of piperidine rings is 1. The second-order valence-electron chi connectivity index (χ2n) is 5.77. The van der Waals surface area contributed by atoms with Crippen molar-refractivity contribution in [2.45, 2.75) is 45.4 Å². The first-order valence-electron chi connectivity index (χ1n) is 6.49. The van der Waals surface area contributed by atoms with Crippen LogP contribution in [0.1, 0.15) is 45.6 Å². The predicted molar refractivity (Wildman–Crippen MR) is 68.7 cm³/mol. The first-order valence-corrected chi connectivity index (χ1v) is 6.49. The Morgan fingerprint density at radius 2 is 2.00 bits per heavy atom. The first kappa shape index (κ1) is 12.9. The molecule has 18 heavy (non-hydrogen) atoms. The molecule has 0 radical (unpaired) electrons. The lowest BCUT2D eigenvalue weighted by Crippen LogP contribution is -2.38. The summed E-state index contributed by atoms with van der Waals surface area (Å²) in [5.41, 5.74) is 0.831. The monoisotopic (exact) mass is 251 g/mol. The Balaban J connectivity index is 2.05. The highest BCUT2D eigenvalue weighted by Gasteiger charge is 2.25. The minimum absolute atomic E-state index is 0.0927. The van der Waals surface area contributed by atoms with Gasteiger partial charge in [-0.25, -0.2) is 4.79 Å². The van der Waals surface area contributed by atoms with E-state index in [1.807, 2.05) is 0 Å². The van der Waals surface area contributed by atoms with E-state index in [1.54, 1.807) is 11.1 Å². The van der Waals surface area contributed by atoms with Crippen LogP contribution >= 0.6 is 0 Å². The second-order valence-corrected chi connectivity index (χ2v) is 5.77. The Bertz CT molecular complexity index is 414. The standard InChI is InChI=1S/C13H21N3O2/c1-13(2,3)10-9-14-15-11(10)18-12(17)16-7-5-4-6-8-16/h9H,4-8H2,1-3H3,(H,14,15). The zero-order valence-electron chi connectivity index (χ0n) is 11.3. The topological polar surface area (TPSA) is 58.2 Å². The number of nitrogens with one attached hydrogen (secondary N) is 1. The van der Waals surface area contributed by atoms with Crippen molar-refractivity contribution in [1.82, 2.24) is 15.1 Å². The maximum absolute atomic E-state index is 12.0. The van der Waals surface area contributed by atoms with Crippen LogP contribution in [0.4, 0.5) is 4.79 Å². The van der Waals surface area contributed by atoms with E-state index in [1.165, 1.54) is 6.42 Å². The number of aromatic nitrogens is 2. The molecule has 2 rings (SSSR count). The van der Waals surface area contributed by atoms with Crippen molar-refractivity contribution in [1.29, 1.82) is 0 Å². The summed E-state index contributed by atoms with van der Waals surface area (Å²) in [6.07, 6.45) is 4.81. The van der Waals surface area contributed by atoms with Gasteiger partial charge in [-0.1, -0.05) is 20.8 Å². The molecular weight excluding hydrogens is 230 g/mol. The summed E-state index contributed by atoms with van der Waals surface area (Å²) in [6, 6.07) is 0. The predicted octanol–water partition coefficient (Wildman–Crippen LogP) is 2.69. The molecule has 1 aliphatic rings. The fourth-order valence-corrected chi connectivity index (χ4v) is 2.12. The highest BCUT2D eigenvalue weighted by Crippen LogP contribution is 2.29. The van der Waals surface area contributed by atoms with E-state index in [4.69, 9.17) is 4.74 Å². The summed E-state index contributed by atoms with van der Waals surface area (Å²) in [5, 5.41) is 6.79. The number of nitrogens with zero attached hydrogens (tertiary/aromatic N) is 2. The third-order valence-corrected chi connectivity index (χ3v) is 3.21. The summed E-state index contributed by atoms with van der Waals surface area (Å²) >= 11 is 0. The Labute approximate surface area is 108 Å². The van der Waals surface area contributed by atoms with Crippen LogP contribution in [0.5, 0.6) is 5.88 Å². The summed E-state index contributed by atoms with van der Waals surface area (Å²) in [5.74, 6) is 0.401. The average molecular weight is 251 g/mol. The van der Waals surface area contributed by atoms with Crippen LogP contribution in [0.2, 0.25) is 0 Å². The van der Waals surface area contributed by atoms with Crippen LogP contribution in [-0.4, -0.2) is 34.3 Å². The van der Waals surface area contributed by atoms with E-state index < -0.39 is 0 Å². The molecule has 5 heteroatoms. The average Bonchev–Trinajstić information content (AvgIpc) is 2.78. The minimum Gasteiger partial charge on any atom is -0.389 e. The molecule has 0 unspecified atom stereocenters. The molecule has 1 saturated heterocycles. The van der Waals surface area contributed by atoms with Crippen LogP contribution in [0.15, 0.2) is 6.20 Å². The maximum atomic E-state index is 12.0. The molecule has 1 aromatic rings. The summed E-state index contributed by atoms with van der Waals surface area (Å²) in [4.78, 5) is 13.7. The molecule has 0 saturated carbocycles. The van der Waals surface area contributed by atoms with Gasteiger partial charge in [0.15, 0.2) is 0 Å². The molecule has 2 heterocycles. The Morgan fingerprint density at radius 1 is 1.33 bits per heavy atom. The highest BCUT2D eigenvalue weighted by molar-refractivity contribution is 5.70. The van der Waals surface area contributed by atoms with Crippen LogP contribution in [0, 0.1) is 0 Å². The van der Waals surface area contributed by atoms with Gasteiger partial charge in [-0.05, 0) is 24.7 Å². The van der Waals surface area contributed by atoms with Crippen molar-refractivity contribution < 1.29 is 9.53 Å². The number of likely N-dealkylation sites (tertiary alicyclic amines) is 1. The van der Waals surface area contributed by atoms with Gasteiger partial charge in [0.1, 0.15) is 0 Å². The van der Waals surface area contributed by atoms with Gasteiger partial charge in [0.2, 0.25) is 5.88 Å². The van der Waals surface area contributed by atoms with Gasteiger partial charge in [0, 0.05) is 24.8 Å². The molecule has 0 aliphatic carbocycles. The maximum Gasteiger partial charge on any atom is 0.416 e. The lowest BCUT2D eigenvalue weighted by molar-refractivity contribution is 0.140. The van der Waals surface area contributed by atoms with Gasteiger partial charge >= 0.3 is 6.09 Å². The minimum atomic E-state index is -0.285. The van der Waals surface area contributed by atoms with Crippen molar-refractivity contribution in [3.63, 3.8) is 0 Å². The number of hydrogen-bond donors (Lipinski definition) is 1. The fraction of sp³-hybridized carbons (Fsp3) is 0.692. The third-order valence-electron chi connectivity index (χ3n) is 3.21. The number of ether oxygens (including phenoxy) is 1. The van der Waals surface area contributed by atoms with Crippen molar-refractivity contribution in [3.05, 3.63) is 11.8 Å². The largest absolute Gasteiger partial charge is 0.416 e. The van der Waals surface area contributed by atoms with Crippen molar-refractivity contribution >= 4 is 6.09 Å². The molecule has 1 aliphatic heterocycles. The molecule has 1 amide bonds. The zero-order chi connectivity index (χ0) is 13.2. The van der Waals surface area contributed by atoms with Crippen LogP contribution in [0.3, 0.4) is 0 Å². The van der Waals surface area contributed by atoms with Crippen LogP contribution in [-0.2, 0) is 5.41 Å². The summed E-state index contributed by atoms with van der Waals surface area (Å²) in [6.45, 7) is 7.77. The van der Waals surface area contributed by atoms with E-state index in [-0.39, 0.29) is 11.5 Å². The molecule has 1 aromatic heterocycles. The normalized spacial score (nSPS) is 16.7. The number of carbonyl (C=O) groups is 1. The lowest BCUT2D eigenvalue weighted by Gasteiger charge is -2.26.